The average molecular weight is 438 g/mol. The zero-order chi connectivity index (χ0) is 21.6. The molecule has 0 atom stereocenters. The summed E-state index contributed by atoms with van der Waals surface area (Å²) in [6.07, 6.45) is 0.134. The zero-order valence-electron chi connectivity index (χ0n) is 17.2. The van der Waals surface area contributed by atoms with E-state index < -0.39 is 5.97 Å². The van der Waals surface area contributed by atoms with Crippen LogP contribution in [-0.2, 0) is 27.3 Å². The van der Waals surface area contributed by atoms with Crippen LogP contribution >= 0.6 is 11.3 Å². The van der Waals surface area contributed by atoms with Gasteiger partial charge in [0.15, 0.2) is 18.1 Å². The zero-order valence-corrected chi connectivity index (χ0v) is 18.0. The Morgan fingerprint density at radius 1 is 1.03 bits per heavy atom. The molecule has 2 aromatic carbocycles. The van der Waals surface area contributed by atoms with Gasteiger partial charge in [0.1, 0.15) is 13.2 Å². The third kappa shape index (κ3) is 5.24. The van der Waals surface area contributed by atoms with Crippen molar-refractivity contribution in [2.45, 2.75) is 19.9 Å². The molecule has 0 unspecified atom stereocenters. The number of carbonyl (C=O) groups is 2. The van der Waals surface area contributed by atoms with Crippen molar-refractivity contribution in [2.75, 3.05) is 24.7 Å². The lowest BCUT2D eigenvalue weighted by molar-refractivity contribution is -0.147. The maximum atomic E-state index is 13.0. The van der Waals surface area contributed by atoms with Crippen molar-refractivity contribution in [2.24, 2.45) is 0 Å². The number of benzene rings is 2. The third-order valence-corrected chi connectivity index (χ3v) is 5.85. The maximum Gasteiger partial charge on any atom is 0.310 e. The van der Waals surface area contributed by atoms with E-state index in [4.69, 9.17) is 14.2 Å². The maximum absolute atomic E-state index is 13.0. The van der Waals surface area contributed by atoms with E-state index in [9.17, 15) is 9.59 Å². The van der Waals surface area contributed by atoms with E-state index in [0.29, 0.717) is 36.9 Å². The van der Waals surface area contributed by atoms with Crippen LogP contribution in [0.1, 0.15) is 16.0 Å². The molecule has 160 valence electrons. The first-order chi connectivity index (χ1) is 15.1. The quantitative estimate of drug-likeness (QED) is 0.520. The summed E-state index contributed by atoms with van der Waals surface area (Å²) in [5, 5.41) is 1.96. The predicted octanol–water partition coefficient (Wildman–Crippen LogP) is 4.15. The minimum absolute atomic E-state index is 0.134. The van der Waals surface area contributed by atoms with Crippen molar-refractivity contribution in [1.29, 1.82) is 0 Å². The smallest absolute Gasteiger partial charge is 0.310 e. The number of fused-ring (bicyclic) bond motifs is 1. The van der Waals surface area contributed by atoms with Crippen LogP contribution in [0.15, 0.2) is 60.0 Å². The van der Waals surface area contributed by atoms with E-state index in [-0.39, 0.29) is 18.9 Å². The number of anilines is 1. The molecule has 0 spiro atoms. The van der Waals surface area contributed by atoms with Crippen molar-refractivity contribution >= 4 is 28.9 Å². The molecule has 7 heteroatoms. The largest absolute Gasteiger partial charge is 0.486 e. The number of thiophene rings is 1. The van der Waals surface area contributed by atoms with Gasteiger partial charge in [-0.3, -0.25) is 9.59 Å². The van der Waals surface area contributed by atoms with Crippen molar-refractivity contribution in [3.05, 3.63) is 76.0 Å². The highest BCUT2D eigenvalue weighted by atomic mass is 32.1. The Bertz CT molecular complexity index is 1060. The molecule has 1 aliphatic heterocycles. The molecular weight excluding hydrogens is 414 g/mol. The van der Waals surface area contributed by atoms with Gasteiger partial charge in [-0.1, -0.05) is 30.3 Å². The summed E-state index contributed by atoms with van der Waals surface area (Å²) in [6.45, 7) is 2.96. The summed E-state index contributed by atoms with van der Waals surface area (Å²) in [7, 11) is 0. The van der Waals surface area contributed by atoms with Crippen LogP contribution in [0.2, 0.25) is 0 Å². The van der Waals surface area contributed by atoms with E-state index in [0.717, 1.165) is 16.0 Å². The summed E-state index contributed by atoms with van der Waals surface area (Å²) in [4.78, 5) is 28.0. The van der Waals surface area contributed by atoms with Crippen LogP contribution in [0.25, 0.3) is 0 Å². The van der Waals surface area contributed by atoms with Gasteiger partial charge in [0.25, 0.3) is 5.91 Å². The highest BCUT2D eigenvalue weighted by molar-refractivity contribution is 7.09. The van der Waals surface area contributed by atoms with Gasteiger partial charge in [-0.05, 0) is 41.6 Å². The second-order valence-corrected chi connectivity index (χ2v) is 8.18. The number of nitrogens with zero attached hydrogens (tertiary/aromatic N) is 1. The molecule has 0 radical (unpaired) electrons. The third-order valence-electron chi connectivity index (χ3n) is 4.99. The molecular formula is C24H23NO5S. The van der Waals surface area contributed by atoms with Gasteiger partial charge < -0.3 is 19.1 Å². The molecule has 1 amide bonds. The van der Waals surface area contributed by atoms with Gasteiger partial charge in [-0.2, -0.15) is 0 Å². The molecule has 3 aromatic rings. The summed E-state index contributed by atoms with van der Waals surface area (Å²) >= 11 is 1.56. The summed E-state index contributed by atoms with van der Waals surface area (Å²) < 4.78 is 16.5. The Balaban J connectivity index is 1.46. The minimum Gasteiger partial charge on any atom is -0.486 e. The minimum atomic E-state index is -0.430. The summed E-state index contributed by atoms with van der Waals surface area (Å²) in [5.74, 6) is 0.525. The highest BCUT2D eigenvalue weighted by Crippen LogP contribution is 2.34. The first-order valence-electron chi connectivity index (χ1n) is 10.0. The summed E-state index contributed by atoms with van der Waals surface area (Å²) in [6, 6.07) is 16.9. The monoisotopic (exact) mass is 437 g/mol. The van der Waals surface area contributed by atoms with Crippen molar-refractivity contribution in [1.82, 2.24) is 0 Å². The lowest BCUT2D eigenvalue weighted by Gasteiger charge is -2.25. The number of hydrogen-bond donors (Lipinski definition) is 0. The molecule has 2 heterocycles. The molecule has 0 aliphatic carbocycles. The fourth-order valence-corrected chi connectivity index (χ4v) is 4.01. The van der Waals surface area contributed by atoms with Crippen molar-refractivity contribution < 1.29 is 23.8 Å². The van der Waals surface area contributed by atoms with Crippen LogP contribution in [0.5, 0.6) is 11.5 Å². The molecule has 1 aromatic heterocycles. The Morgan fingerprint density at radius 2 is 1.84 bits per heavy atom. The molecule has 31 heavy (non-hydrogen) atoms. The topological polar surface area (TPSA) is 65.1 Å². The van der Waals surface area contributed by atoms with E-state index >= 15 is 0 Å². The van der Waals surface area contributed by atoms with E-state index in [2.05, 4.69) is 0 Å². The van der Waals surface area contributed by atoms with E-state index in [1.54, 1.807) is 28.4 Å². The molecule has 0 fully saturated rings. The first kappa shape index (κ1) is 20.9. The summed E-state index contributed by atoms with van der Waals surface area (Å²) in [5.41, 5.74) is 2.57. The molecule has 0 saturated carbocycles. The Kier molecular flexibility index (Phi) is 6.52. The van der Waals surface area contributed by atoms with Crippen LogP contribution in [-0.4, -0.2) is 31.7 Å². The lowest BCUT2D eigenvalue weighted by atomic mass is 10.1. The second-order valence-electron chi connectivity index (χ2n) is 7.15. The number of hydrogen-bond acceptors (Lipinski definition) is 6. The molecule has 0 N–H and O–H groups in total. The molecule has 1 aliphatic rings. The van der Waals surface area contributed by atoms with E-state index in [1.165, 1.54) is 0 Å². The molecule has 0 bridgehead atoms. The Hall–Kier alpha value is -3.32. The molecule has 4 rings (SSSR count). The number of aryl methyl sites for hydroxylation is 1. The van der Waals surface area contributed by atoms with Crippen LogP contribution in [0.3, 0.4) is 0 Å². The van der Waals surface area contributed by atoms with Gasteiger partial charge in [-0.25, -0.2) is 0 Å². The van der Waals surface area contributed by atoms with Crippen molar-refractivity contribution in [3.8, 4) is 11.5 Å². The van der Waals surface area contributed by atoms with Gasteiger partial charge in [0.2, 0.25) is 0 Å². The number of carbonyl (C=O) groups excluding carboxylic acids is 2. The van der Waals surface area contributed by atoms with Crippen molar-refractivity contribution in [3.63, 3.8) is 0 Å². The van der Waals surface area contributed by atoms with Gasteiger partial charge in [-0.15, -0.1) is 11.3 Å². The molecule has 0 saturated heterocycles. The fourth-order valence-electron chi connectivity index (χ4n) is 3.32. The lowest BCUT2D eigenvalue weighted by Crippen LogP contribution is -2.34. The van der Waals surface area contributed by atoms with Gasteiger partial charge in [0.05, 0.1) is 13.0 Å². The van der Waals surface area contributed by atoms with Gasteiger partial charge in [0, 0.05) is 16.6 Å². The van der Waals surface area contributed by atoms with Gasteiger partial charge >= 0.3 is 5.97 Å². The molecule has 6 nitrogen and oxygen atoms in total. The number of amides is 1. The van der Waals surface area contributed by atoms with Crippen LogP contribution in [0.4, 0.5) is 5.69 Å². The highest BCUT2D eigenvalue weighted by Gasteiger charge is 2.22. The fraction of sp³-hybridized carbons (Fsp3) is 0.250. The average Bonchev–Trinajstić information content (AvgIpc) is 3.30. The number of rotatable bonds is 7. The SMILES string of the molecule is Cc1ccccc1CC(=O)OCC(=O)N(Cc1cccs1)c1ccc2c(c1)OCCO2. The van der Waals surface area contributed by atoms with Crippen LogP contribution < -0.4 is 14.4 Å². The first-order valence-corrected chi connectivity index (χ1v) is 10.9. The Morgan fingerprint density at radius 3 is 2.61 bits per heavy atom. The second kappa shape index (κ2) is 9.66. The normalized spacial score (nSPS) is 12.3. The number of esters is 1. The Labute approximate surface area is 185 Å². The van der Waals surface area contributed by atoms with Crippen LogP contribution in [0, 0.1) is 6.92 Å². The predicted molar refractivity (Wildman–Crippen MR) is 119 cm³/mol. The standard InChI is InChI=1S/C24H23NO5S/c1-17-5-2-3-6-18(17)13-24(27)30-16-23(26)25(15-20-7-4-12-31-20)19-8-9-21-22(14-19)29-11-10-28-21/h2-9,12,14H,10-11,13,15-16H2,1H3. The number of ether oxygens (including phenoxy) is 3. The van der Waals surface area contributed by atoms with E-state index in [1.807, 2.05) is 54.8 Å².